The molecule has 0 saturated heterocycles. The molecular weight excluding hydrogens is 444 g/mol. The second kappa shape index (κ2) is 10.7. The molecule has 0 aliphatic heterocycles. The van der Waals surface area contributed by atoms with Gasteiger partial charge in [-0.25, -0.2) is 0 Å². The number of rotatable bonds is 9. The molecule has 4 atom stereocenters. The maximum absolute atomic E-state index is 13.2. The van der Waals surface area contributed by atoms with Crippen LogP contribution in [0, 0.1) is 5.41 Å². The minimum absolute atomic E-state index is 0.0386. The molecular formula is C29H38O6. The van der Waals surface area contributed by atoms with Gasteiger partial charge in [0.25, 0.3) is 0 Å². The van der Waals surface area contributed by atoms with E-state index in [-0.39, 0.29) is 37.4 Å². The summed E-state index contributed by atoms with van der Waals surface area (Å²) in [5.41, 5.74) is 4.76. The van der Waals surface area contributed by atoms with Gasteiger partial charge in [0.1, 0.15) is 0 Å². The predicted octanol–water partition coefficient (Wildman–Crippen LogP) is 5.28. The number of esters is 2. The SMILES string of the molecule is CCOC(=O)C1(C(=O)OCC)CC2=C(C1)C1=C(CC[C@H]1O[C@H](C)[C@@H](C)OC)[C@@H](c1ccccc1)C2. The van der Waals surface area contributed by atoms with Crippen LogP contribution < -0.4 is 0 Å². The zero-order valence-electron chi connectivity index (χ0n) is 21.6. The number of benzene rings is 1. The summed E-state index contributed by atoms with van der Waals surface area (Å²) in [7, 11) is 1.69. The van der Waals surface area contributed by atoms with Crippen LogP contribution in [0.3, 0.4) is 0 Å². The fourth-order valence-corrected chi connectivity index (χ4v) is 5.95. The van der Waals surface area contributed by atoms with Crippen molar-refractivity contribution in [3.63, 3.8) is 0 Å². The number of methoxy groups -OCH3 is 1. The van der Waals surface area contributed by atoms with Gasteiger partial charge in [0.2, 0.25) is 0 Å². The summed E-state index contributed by atoms with van der Waals surface area (Å²) < 4.78 is 22.9. The van der Waals surface area contributed by atoms with Gasteiger partial charge in [0, 0.05) is 13.0 Å². The van der Waals surface area contributed by atoms with Crippen molar-refractivity contribution in [2.75, 3.05) is 20.3 Å². The Hall–Kier alpha value is -2.44. The normalized spacial score (nSPS) is 24.6. The average molecular weight is 483 g/mol. The number of allylic oxidation sites excluding steroid dienone is 2. The lowest BCUT2D eigenvalue weighted by atomic mass is 9.77. The van der Waals surface area contributed by atoms with Gasteiger partial charge < -0.3 is 18.9 Å². The summed E-state index contributed by atoms with van der Waals surface area (Å²) in [6, 6.07) is 10.5. The van der Waals surface area contributed by atoms with Gasteiger partial charge in [-0.3, -0.25) is 9.59 Å². The third-order valence-electron chi connectivity index (χ3n) is 7.91. The molecule has 3 aliphatic rings. The molecule has 1 aromatic rings. The Kier molecular flexibility index (Phi) is 7.82. The smallest absolute Gasteiger partial charge is 0.324 e. The number of carbonyl (C=O) groups is 2. The second-order valence-electron chi connectivity index (χ2n) is 9.87. The molecule has 0 bridgehead atoms. The number of fused-ring (bicyclic) bond motifs is 1. The van der Waals surface area contributed by atoms with E-state index in [9.17, 15) is 9.59 Å². The summed E-state index contributed by atoms with van der Waals surface area (Å²) in [6.07, 6.45) is 3.07. The Morgan fingerprint density at radius 3 is 2.26 bits per heavy atom. The molecule has 0 radical (unpaired) electrons. The van der Waals surface area contributed by atoms with E-state index in [4.69, 9.17) is 18.9 Å². The average Bonchev–Trinajstić information content (AvgIpc) is 3.46. The van der Waals surface area contributed by atoms with Gasteiger partial charge in [0.15, 0.2) is 5.41 Å². The van der Waals surface area contributed by atoms with Crippen LogP contribution in [-0.2, 0) is 28.5 Å². The quantitative estimate of drug-likeness (QED) is 0.352. The lowest BCUT2D eigenvalue weighted by Crippen LogP contribution is -2.40. The third-order valence-corrected chi connectivity index (χ3v) is 7.91. The zero-order chi connectivity index (χ0) is 25.2. The van der Waals surface area contributed by atoms with Crippen molar-refractivity contribution in [1.29, 1.82) is 0 Å². The summed E-state index contributed by atoms with van der Waals surface area (Å²) in [6.45, 7) is 8.03. The lowest BCUT2D eigenvalue weighted by Gasteiger charge is -2.31. The van der Waals surface area contributed by atoms with Crippen LogP contribution in [0.25, 0.3) is 0 Å². The van der Waals surface area contributed by atoms with Crippen molar-refractivity contribution in [2.24, 2.45) is 5.41 Å². The second-order valence-corrected chi connectivity index (χ2v) is 9.87. The van der Waals surface area contributed by atoms with Crippen LogP contribution in [0.4, 0.5) is 0 Å². The fraction of sp³-hybridized carbons (Fsp3) is 0.586. The Balaban J connectivity index is 1.75. The largest absolute Gasteiger partial charge is 0.465 e. The van der Waals surface area contributed by atoms with E-state index >= 15 is 0 Å². The first-order chi connectivity index (χ1) is 16.9. The highest BCUT2D eigenvalue weighted by molar-refractivity contribution is 6.02. The number of hydrogen-bond acceptors (Lipinski definition) is 6. The van der Waals surface area contributed by atoms with Gasteiger partial charge in [0.05, 0.1) is 31.5 Å². The van der Waals surface area contributed by atoms with Gasteiger partial charge in [-0.1, -0.05) is 41.5 Å². The minimum Gasteiger partial charge on any atom is -0.465 e. The van der Waals surface area contributed by atoms with Crippen molar-refractivity contribution >= 4 is 11.9 Å². The van der Waals surface area contributed by atoms with Crippen molar-refractivity contribution in [3.8, 4) is 0 Å². The summed E-state index contributed by atoms with van der Waals surface area (Å²) in [5, 5.41) is 0. The van der Waals surface area contributed by atoms with Gasteiger partial charge in [-0.15, -0.1) is 0 Å². The third kappa shape index (κ3) is 4.70. The molecule has 6 nitrogen and oxygen atoms in total. The molecule has 1 aromatic carbocycles. The van der Waals surface area contributed by atoms with Crippen LogP contribution in [0.5, 0.6) is 0 Å². The zero-order valence-corrected chi connectivity index (χ0v) is 21.6. The number of hydrogen-bond donors (Lipinski definition) is 0. The van der Waals surface area contributed by atoms with Crippen molar-refractivity contribution in [1.82, 2.24) is 0 Å². The monoisotopic (exact) mass is 482 g/mol. The van der Waals surface area contributed by atoms with Crippen LogP contribution in [-0.4, -0.2) is 50.6 Å². The van der Waals surface area contributed by atoms with Gasteiger partial charge in [-0.05, 0) is 76.5 Å². The molecule has 4 rings (SSSR count). The Bertz CT molecular complexity index is 989. The Morgan fingerprint density at radius 2 is 1.66 bits per heavy atom. The highest BCUT2D eigenvalue weighted by atomic mass is 16.6. The molecule has 0 unspecified atom stereocenters. The molecule has 35 heavy (non-hydrogen) atoms. The summed E-state index contributed by atoms with van der Waals surface area (Å²) >= 11 is 0. The maximum atomic E-state index is 13.2. The van der Waals surface area contributed by atoms with E-state index < -0.39 is 17.4 Å². The molecule has 0 N–H and O–H groups in total. The maximum Gasteiger partial charge on any atom is 0.324 e. The van der Waals surface area contributed by atoms with E-state index in [2.05, 4.69) is 24.3 Å². The van der Waals surface area contributed by atoms with E-state index in [0.717, 1.165) is 30.4 Å². The lowest BCUT2D eigenvalue weighted by molar-refractivity contribution is -0.171. The molecule has 0 heterocycles. The van der Waals surface area contributed by atoms with Gasteiger partial charge in [-0.2, -0.15) is 0 Å². The molecule has 190 valence electrons. The summed E-state index contributed by atoms with van der Waals surface area (Å²) in [5.74, 6) is -0.750. The molecule has 0 saturated carbocycles. The summed E-state index contributed by atoms with van der Waals surface area (Å²) in [4.78, 5) is 26.5. The predicted molar refractivity (Wildman–Crippen MR) is 133 cm³/mol. The number of ether oxygens (including phenoxy) is 4. The van der Waals surface area contributed by atoms with Crippen molar-refractivity contribution in [2.45, 2.75) is 84.0 Å². The van der Waals surface area contributed by atoms with E-state index in [1.807, 2.05) is 19.9 Å². The molecule has 3 aliphatic carbocycles. The van der Waals surface area contributed by atoms with E-state index in [1.165, 1.54) is 16.7 Å². The molecule has 0 amide bonds. The molecule has 6 heteroatoms. The van der Waals surface area contributed by atoms with Crippen LogP contribution in [0.15, 0.2) is 52.6 Å². The first kappa shape index (κ1) is 25.6. The van der Waals surface area contributed by atoms with Crippen molar-refractivity contribution < 1.29 is 28.5 Å². The van der Waals surface area contributed by atoms with Crippen molar-refractivity contribution in [3.05, 3.63) is 58.2 Å². The molecule has 0 spiro atoms. The number of carbonyl (C=O) groups excluding carboxylic acids is 2. The first-order valence-electron chi connectivity index (χ1n) is 12.9. The topological polar surface area (TPSA) is 71.1 Å². The highest BCUT2D eigenvalue weighted by Crippen LogP contribution is 2.57. The van der Waals surface area contributed by atoms with Gasteiger partial charge >= 0.3 is 11.9 Å². The molecule has 0 aromatic heterocycles. The van der Waals surface area contributed by atoms with E-state index in [1.54, 1.807) is 21.0 Å². The highest BCUT2D eigenvalue weighted by Gasteiger charge is 2.56. The Labute approximate surface area is 208 Å². The first-order valence-corrected chi connectivity index (χ1v) is 12.9. The fourth-order valence-electron chi connectivity index (χ4n) is 5.95. The Morgan fingerprint density at radius 1 is 1.00 bits per heavy atom. The minimum atomic E-state index is -1.32. The van der Waals surface area contributed by atoms with Crippen LogP contribution >= 0.6 is 0 Å². The van der Waals surface area contributed by atoms with Crippen LogP contribution in [0.1, 0.15) is 71.3 Å². The van der Waals surface area contributed by atoms with E-state index in [0.29, 0.717) is 12.8 Å². The standard InChI is InChI=1S/C29H38O6/c1-6-33-27(30)29(28(31)34-7-2)16-21-15-23(20-11-9-8-10-12-20)22-13-14-25(26(22)24(21)17-29)35-19(4)18(3)32-5/h8-12,18-19,23,25H,6-7,13-17H2,1-5H3/t18-,19-,23-,25-/m1/s1. The molecule has 0 fully saturated rings. The van der Waals surface area contributed by atoms with Crippen LogP contribution in [0.2, 0.25) is 0 Å².